The minimum atomic E-state index is -0.762. The molecule has 0 aromatic heterocycles. The van der Waals surface area contributed by atoms with Crippen molar-refractivity contribution in [2.75, 3.05) is 26.2 Å². The topological polar surface area (TPSA) is 44.7 Å². The zero-order valence-corrected chi connectivity index (χ0v) is 10.7. The lowest BCUT2D eigenvalue weighted by molar-refractivity contribution is -0.240. The minimum absolute atomic E-state index is 0.287. The van der Waals surface area contributed by atoms with Gasteiger partial charge in [-0.05, 0) is 20.8 Å². The van der Waals surface area contributed by atoms with Crippen LogP contribution >= 0.6 is 0 Å². The molecule has 1 fully saturated rings. The van der Waals surface area contributed by atoms with E-state index in [2.05, 4.69) is 5.32 Å². The van der Waals surface area contributed by atoms with Gasteiger partial charge in [0, 0.05) is 26.2 Å². The summed E-state index contributed by atoms with van der Waals surface area (Å²) in [5.74, 6) is 0. The molecule has 0 aromatic carbocycles. The number of ether oxygens (including phenoxy) is 1. The van der Waals surface area contributed by atoms with Crippen molar-refractivity contribution in [1.82, 2.24) is 10.2 Å². The summed E-state index contributed by atoms with van der Waals surface area (Å²) in [6.45, 7) is 13.4. The molecule has 1 aliphatic rings. The fourth-order valence-electron chi connectivity index (χ4n) is 1.29. The number of hydrogen-bond acceptors (Lipinski definition) is 4. The number of aliphatic hydroxyl groups is 1. The summed E-state index contributed by atoms with van der Waals surface area (Å²) in [6.07, 6.45) is -0.762. The third-order valence-electron chi connectivity index (χ3n) is 1.92. The lowest BCUT2D eigenvalue weighted by Gasteiger charge is -2.34. The lowest BCUT2D eigenvalue weighted by Crippen LogP contribution is -2.51. The van der Waals surface area contributed by atoms with Crippen molar-refractivity contribution >= 4 is 0 Å². The first-order valence-electron chi connectivity index (χ1n) is 5.80. The highest BCUT2D eigenvalue weighted by Crippen LogP contribution is 2.12. The predicted octanol–water partition coefficient (Wildman–Crippen LogP) is 1.01. The van der Waals surface area contributed by atoms with Crippen LogP contribution in [0.3, 0.4) is 0 Å². The monoisotopic (exact) mass is 218 g/mol. The zero-order valence-electron chi connectivity index (χ0n) is 10.7. The molecule has 2 N–H and O–H groups in total. The van der Waals surface area contributed by atoms with Gasteiger partial charge in [0.25, 0.3) is 0 Å². The summed E-state index contributed by atoms with van der Waals surface area (Å²) in [5.41, 5.74) is -0.287. The number of piperazine rings is 1. The van der Waals surface area contributed by atoms with Crippen molar-refractivity contribution in [2.24, 2.45) is 0 Å². The SMILES string of the molecule is CC.CC(C)(C)OC(O)N1CCNCC1. The minimum Gasteiger partial charge on any atom is -0.356 e. The van der Waals surface area contributed by atoms with E-state index < -0.39 is 6.41 Å². The van der Waals surface area contributed by atoms with E-state index in [1.807, 2.05) is 39.5 Å². The Balaban J connectivity index is 0.000000921. The van der Waals surface area contributed by atoms with Crippen molar-refractivity contribution in [2.45, 2.75) is 46.6 Å². The average Bonchev–Trinajstić information content (AvgIpc) is 2.20. The first-order chi connectivity index (χ1) is 6.99. The summed E-state index contributed by atoms with van der Waals surface area (Å²) >= 11 is 0. The van der Waals surface area contributed by atoms with E-state index in [-0.39, 0.29) is 5.60 Å². The van der Waals surface area contributed by atoms with Gasteiger partial charge in [-0.3, -0.25) is 4.90 Å². The molecule has 0 aromatic rings. The van der Waals surface area contributed by atoms with Crippen LogP contribution in [-0.4, -0.2) is 48.2 Å². The van der Waals surface area contributed by atoms with Crippen LogP contribution in [0, 0.1) is 0 Å². The van der Waals surface area contributed by atoms with Crippen molar-refractivity contribution in [3.63, 3.8) is 0 Å². The molecule has 1 atom stereocenters. The van der Waals surface area contributed by atoms with E-state index >= 15 is 0 Å². The van der Waals surface area contributed by atoms with Gasteiger partial charge in [0.15, 0.2) is 0 Å². The molecular formula is C11H26N2O2. The molecule has 0 saturated carbocycles. The maximum absolute atomic E-state index is 9.69. The molecule has 4 nitrogen and oxygen atoms in total. The molecule has 0 spiro atoms. The van der Waals surface area contributed by atoms with Gasteiger partial charge in [0.05, 0.1) is 5.60 Å². The molecule has 0 amide bonds. The van der Waals surface area contributed by atoms with E-state index in [9.17, 15) is 5.11 Å². The summed E-state index contributed by atoms with van der Waals surface area (Å²) in [5, 5.41) is 12.9. The van der Waals surface area contributed by atoms with Crippen LogP contribution in [0.1, 0.15) is 34.6 Å². The first-order valence-corrected chi connectivity index (χ1v) is 5.80. The number of rotatable bonds is 2. The highest BCUT2D eigenvalue weighted by molar-refractivity contribution is 4.68. The third kappa shape index (κ3) is 6.84. The highest BCUT2D eigenvalue weighted by Gasteiger charge is 2.23. The number of nitrogens with zero attached hydrogens (tertiary/aromatic N) is 1. The average molecular weight is 218 g/mol. The Labute approximate surface area is 93.6 Å². The number of aliphatic hydroxyl groups excluding tert-OH is 1. The number of hydrogen-bond donors (Lipinski definition) is 2. The van der Waals surface area contributed by atoms with Crippen LogP contribution < -0.4 is 5.32 Å². The van der Waals surface area contributed by atoms with E-state index in [1.54, 1.807) is 0 Å². The summed E-state index contributed by atoms with van der Waals surface area (Å²) in [4.78, 5) is 1.93. The molecule has 92 valence electrons. The van der Waals surface area contributed by atoms with E-state index in [4.69, 9.17) is 4.74 Å². The fourth-order valence-corrected chi connectivity index (χ4v) is 1.29. The number of nitrogens with one attached hydrogen (secondary N) is 1. The maximum Gasteiger partial charge on any atom is 0.216 e. The summed E-state index contributed by atoms with van der Waals surface area (Å²) < 4.78 is 5.43. The molecule has 1 saturated heterocycles. The second-order valence-corrected chi connectivity index (χ2v) is 4.34. The largest absolute Gasteiger partial charge is 0.356 e. The predicted molar refractivity (Wildman–Crippen MR) is 62.6 cm³/mol. The van der Waals surface area contributed by atoms with Crippen molar-refractivity contribution in [3.05, 3.63) is 0 Å². The molecule has 1 unspecified atom stereocenters. The van der Waals surface area contributed by atoms with Crippen LogP contribution in [0.15, 0.2) is 0 Å². The van der Waals surface area contributed by atoms with Gasteiger partial charge in [-0.2, -0.15) is 0 Å². The van der Waals surface area contributed by atoms with Gasteiger partial charge in [-0.1, -0.05) is 13.8 Å². The van der Waals surface area contributed by atoms with Gasteiger partial charge in [0.2, 0.25) is 6.41 Å². The fraction of sp³-hybridized carbons (Fsp3) is 1.00. The van der Waals surface area contributed by atoms with Crippen molar-refractivity contribution in [3.8, 4) is 0 Å². The Bertz CT molecular complexity index is 151. The quantitative estimate of drug-likeness (QED) is 0.679. The molecule has 4 heteroatoms. The second kappa shape index (κ2) is 7.17. The Kier molecular flexibility index (Phi) is 7.09. The zero-order chi connectivity index (χ0) is 11.9. The molecular weight excluding hydrogens is 192 g/mol. The maximum atomic E-state index is 9.69. The standard InChI is InChI=1S/C9H20N2O2.C2H6/c1-9(2,3)13-8(12)11-6-4-10-5-7-11;1-2/h8,10,12H,4-7H2,1-3H3;1-2H3. The Hall–Kier alpha value is -0.160. The third-order valence-corrected chi connectivity index (χ3v) is 1.92. The van der Waals surface area contributed by atoms with Gasteiger partial charge in [0.1, 0.15) is 0 Å². The smallest absolute Gasteiger partial charge is 0.216 e. The molecule has 1 rings (SSSR count). The molecule has 0 aliphatic carbocycles. The first kappa shape index (κ1) is 14.8. The Morgan fingerprint density at radius 3 is 2.07 bits per heavy atom. The molecule has 0 bridgehead atoms. The Morgan fingerprint density at radius 2 is 1.67 bits per heavy atom. The summed E-state index contributed by atoms with van der Waals surface area (Å²) in [6, 6.07) is 0. The van der Waals surface area contributed by atoms with Crippen LogP contribution in [-0.2, 0) is 4.74 Å². The van der Waals surface area contributed by atoms with Crippen molar-refractivity contribution in [1.29, 1.82) is 0 Å². The molecule has 1 heterocycles. The van der Waals surface area contributed by atoms with Crippen LogP contribution in [0.5, 0.6) is 0 Å². The normalized spacial score (nSPS) is 20.4. The van der Waals surface area contributed by atoms with Gasteiger partial charge in [-0.25, -0.2) is 0 Å². The van der Waals surface area contributed by atoms with Crippen LogP contribution in [0.4, 0.5) is 0 Å². The second-order valence-electron chi connectivity index (χ2n) is 4.34. The van der Waals surface area contributed by atoms with Gasteiger partial charge >= 0.3 is 0 Å². The lowest BCUT2D eigenvalue weighted by atomic mass is 10.2. The van der Waals surface area contributed by atoms with Gasteiger partial charge < -0.3 is 15.2 Å². The molecule has 15 heavy (non-hydrogen) atoms. The van der Waals surface area contributed by atoms with E-state index in [1.165, 1.54) is 0 Å². The summed E-state index contributed by atoms with van der Waals surface area (Å²) in [7, 11) is 0. The van der Waals surface area contributed by atoms with Crippen molar-refractivity contribution < 1.29 is 9.84 Å². The molecule has 0 radical (unpaired) electrons. The Morgan fingerprint density at radius 1 is 1.20 bits per heavy atom. The highest BCUT2D eigenvalue weighted by atomic mass is 16.6. The molecule has 1 aliphatic heterocycles. The van der Waals surface area contributed by atoms with E-state index in [0.717, 1.165) is 26.2 Å². The van der Waals surface area contributed by atoms with Crippen LogP contribution in [0.25, 0.3) is 0 Å². The van der Waals surface area contributed by atoms with Gasteiger partial charge in [-0.15, -0.1) is 0 Å². The van der Waals surface area contributed by atoms with E-state index in [0.29, 0.717) is 0 Å². The van der Waals surface area contributed by atoms with Crippen LogP contribution in [0.2, 0.25) is 0 Å².